The first-order chi connectivity index (χ1) is 27.9. The summed E-state index contributed by atoms with van der Waals surface area (Å²) in [6.45, 7) is 9.97. The van der Waals surface area contributed by atoms with Crippen molar-refractivity contribution < 1.29 is 0 Å². The Balaban J connectivity index is 0.984. The van der Waals surface area contributed by atoms with E-state index in [0.717, 1.165) is 6.54 Å². The van der Waals surface area contributed by atoms with Gasteiger partial charge in [0.2, 0.25) is 0 Å². The highest BCUT2D eigenvalue weighted by Crippen LogP contribution is 2.44. The Hall–Kier alpha value is -6.70. The van der Waals surface area contributed by atoms with E-state index in [-0.39, 0.29) is 5.41 Å². The van der Waals surface area contributed by atoms with Crippen LogP contribution in [0.2, 0.25) is 0 Å². The fourth-order valence-electron chi connectivity index (χ4n) is 9.00. The van der Waals surface area contributed by atoms with Gasteiger partial charge in [0.25, 0.3) is 0 Å². The van der Waals surface area contributed by atoms with Gasteiger partial charge in [-0.05, 0) is 113 Å². The highest BCUT2D eigenvalue weighted by atomic mass is 15.0. The van der Waals surface area contributed by atoms with Gasteiger partial charge in [-0.25, -0.2) is 0 Å². The lowest BCUT2D eigenvalue weighted by Crippen LogP contribution is -2.10. The van der Waals surface area contributed by atoms with Gasteiger partial charge >= 0.3 is 0 Å². The van der Waals surface area contributed by atoms with Crippen molar-refractivity contribution in [3.05, 3.63) is 194 Å². The third-order valence-electron chi connectivity index (χ3n) is 12.0. The van der Waals surface area contributed by atoms with Crippen LogP contribution >= 0.6 is 0 Å². The number of hydrogen-bond acceptors (Lipinski definition) is 0. The average Bonchev–Trinajstić information content (AvgIpc) is 3.58. The van der Waals surface area contributed by atoms with Gasteiger partial charge in [0, 0.05) is 28.4 Å². The summed E-state index contributed by atoms with van der Waals surface area (Å²) in [7, 11) is 0. The van der Waals surface area contributed by atoms with E-state index in [9.17, 15) is 0 Å². The molecule has 1 aromatic heterocycles. The Bertz CT molecular complexity index is 3020. The monoisotopic (exact) mass is 731 g/mol. The molecule has 1 heterocycles. The lowest BCUT2D eigenvalue weighted by molar-refractivity contribution is 0.590. The molecule has 10 aromatic rings. The molecule has 0 fully saturated rings. The SMILES string of the molecule is CCn1c2ccccc2c2cc(-c3ccc(-c4ccc(-c5c6ccccc6c(-c6ccc(-c7ccc(C(C)(C)C)cc7)cc6)c6ccccc56)cc4)cc3)ccc21. The van der Waals surface area contributed by atoms with Gasteiger partial charge in [-0.3, -0.25) is 0 Å². The topological polar surface area (TPSA) is 4.93 Å². The first-order valence-corrected chi connectivity index (χ1v) is 20.2. The smallest absolute Gasteiger partial charge is 0.0491 e. The van der Waals surface area contributed by atoms with Crippen molar-refractivity contribution in [3.8, 4) is 55.6 Å². The second kappa shape index (κ2) is 13.8. The summed E-state index contributed by atoms with van der Waals surface area (Å²) in [6, 6.07) is 69.9. The molecule has 0 radical (unpaired) electrons. The summed E-state index contributed by atoms with van der Waals surface area (Å²) in [5.74, 6) is 0. The molecule has 1 heteroatoms. The van der Waals surface area contributed by atoms with E-state index < -0.39 is 0 Å². The van der Waals surface area contributed by atoms with Gasteiger partial charge in [-0.1, -0.05) is 191 Å². The van der Waals surface area contributed by atoms with Crippen LogP contribution in [0.5, 0.6) is 0 Å². The zero-order valence-electron chi connectivity index (χ0n) is 33.1. The molecular weight excluding hydrogens is 687 g/mol. The molecule has 0 bridgehead atoms. The number of rotatable bonds is 6. The van der Waals surface area contributed by atoms with Crippen LogP contribution in [0.25, 0.3) is 99.0 Å². The number of aryl methyl sites for hydroxylation is 1. The second-order valence-electron chi connectivity index (χ2n) is 16.4. The molecule has 0 aliphatic heterocycles. The molecule has 0 N–H and O–H groups in total. The quantitative estimate of drug-likeness (QED) is 0.150. The van der Waals surface area contributed by atoms with E-state index in [4.69, 9.17) is 0 Å². The number of para-hydroxylation sites is 1. The Morgan fingerprint density at radius 2 is 0.667 bits per heavy atom. The molecule has 274 valence electrons. The zero-order valence-corrected chi connectivity index (χ0v) is 33.1. The Kier molecular flexibility index (Phi) is 8.42. The summed E-state index contributed by atoms with van der Waals surface area (Å²) in [5.41, 5.74) is 16.5. The van der Waals surface area contributed by atoms with Crippen molar-refractivity contribution in [1.29, 1.82) is 0 Å². The standard InChI is InChI=1S/C56H45N/c1-5-57-52-17-11-10-12-46(52)51-36-44(32-35-53(51)57)41-20-18-37(19-21-41)38-22-26-42(27-23-38)54-47-13-6-8-15-49(47)55(50-16-9-7-14-48(50)54)43-28-24-39(25-29-43)40-30-33-45(34-31-40)56(2,3)4/h6-36H,5H2,1-4H3. The fraction of sp³-hybridized carbons (Fsp3) is 0.107. The van der Waals surface area contributed by atoms with E-state index in [1.807, 2.05) is 0 Å². The largest absolute Gasteiger partial charge is 0.341 e. The maximum Gasteiger partial charge on any atom is 0.0491 e. The number of nitrogens with zero attached hydrogens (tertiary/aromatic N) is 1. The Morgan fingerprint density at radius 1 is 0.333 bits per heavy atom. The number of benzene rings is 9. The van der Waals surface area contributed by atoms with E-state index in [2.05, 4.69) is 220 Å². The van der Waals surface area contributed by atoms with Crippen molar-refractivity contribution >= 4 is 43.4 Å². The van der Waals surface area contributed by atoms with Crippen LogP contribution in [0.1, 0.15) is 33.3 Å². The molecule has 9 aromatic carbocycles. The van der Waals surface area contributed by atoms with Crippen LogP contribution in [0.3, 0.4) is 0 Å². The predicted octanol–water partition coefficient (Wildman–Crippen LogP) is 15.8. The summed E-state index contributed by atoms with van der Waals surface area (Å²) >= 11 is 0. The Morgan fingerprint density at radius 3 is 1.09 bits per heavy atom. The second-order valence-corrected chi connectivity index (χ2v) is 16.4. The van der Waals surface area contributed by atoms with Gasteiger partial charge in [-0.15, -0.1) is 0 Å². The van der Waals surface area contributed by atoms with Crippen LogP contribution in [-0.4, -0.2) is 4.57 Å². The first kappa shape index (κ1) is 34.8. The number of fused-ring (bicyclic) bond motifs is 5. The maximum absolute atomic E-state index is 2.41. The molecule has 0 spiro atoms. The highest BCUT2D eigenvalue weighted by Gasteiger charge is 2.18. The highest BCUT2D eigenvalue weighted by molar-refractivity contribution is 6.21. The van der Waals surface area contributed by atoms with Gasteiger partial charge in [0.15, 0.2) is 0 Å². The minimum absolute atomic E-state index is 0.140. The first-order valence-electron chi connectivity index (χ1n) is 20.2. The van der Waals surface area contributed by atoms with Crippen LogP contribution in [-0.2, 0) is 12.0 Å². The molecule has 0 aliphatic carbocycles. The van der Waals surface area contributed by atoms with Gasteiger partial charge in [0.05, 0.1) is 0 Å². The summed E-state index contributed by atoms with van der Waals surface area (Å²) in [4.78, 5) is 0. The molecule has 57 heavy (non-hydrogen) atoms. The lowest BCUT2D eigenvalue weighted by Gasteiger charge is -2.19. The number of aromatic nitrogens is 1. The summed E-state index contributed by atoms with van der Waals surface area (Å²) in [6.07, 6.45) is 0. The van der Waals surface area contributed by atoms with Crippen LogP contribution in [0, 0.1) is 0 Å². The van der Waals surface area contributed by atoms with E-state index in [1.165, 1.54) is 105 Å². The van der Waals surface area contributed by atoms with Crippen molar-refractivity contribution in [1.82, 2.24) is 4.57 Å². The third kappa shape index (κ3) is 6.03. The van der Waals surface area contributed by atoms with Crippen LogP contribution in [0.15, 0.2) is 188 Å². The third-order valence-corrected chi connectivity index (χ3v) is 12.0. The van der Waals surface area contributed by atoms with E-state index in [1.54, 1.807) is 0 Å². The van der Waals surface area contributed by atoms with Gasteiger partial charge in [-0.2, -0.15) is 0 Å². The summed E-state index contributed by atoms with van der Waals surface area (Å²) in [5, 5.41) is 7.70. The van der Waals surface area contributed by atoms with Crippen molar-refractivity contribution in [2.45, 2.75) is 39.7 Å². The molecule has 1 nitrogen and oxygen atoms in total. The molecule has 0 saturated carbocycles. The normalized spacial score (nSPS) is 11.9. The minimum Gasteiger partial charge on any atom is -0.341 e. The number of hydrogen-bond donors (Lipinski definition) is 0. The molecule has 0 unspecified atom stereocenters. The predicted molar refractivity (Wildman–Crippen MR) is 246 cm³/mol. The van der Waals surface area contributed by atoms with Crippen LogP contribution < -0.4 is 0 Å². The fourth-order valence-corrected chi connectivity index (χ4v) is 9.00. The Labute approximate surface area is 335 Å². The maximum atomic E-state index is 2.41. The minimum atomic E-state index is 0.140. The molecular formula is C56H45N. The molecule has 0 amide bonds. The van der Waals surface area contributed by atoms with Crippen molar-refractivity contribution in [2.24, 2.45) is 0 Å². The van der Waals surface area contributed by atoms with Crippen molar-refractivity contribution in [2.75, 3.05) is 0 Å². The average molecular weight is 732 g/mol. The van der Waals surface area contributed by atoms with E-state index in [0.29, 0.717) is 0 Å². The lowest BCUT2D eigenvalue weighted by atomic mass is 9.85. The molecule has 0 saturated heterocycles. The van der Waals surface area contributed by atoms with Gasteiger partial charge in [0.1, 0.15) is 0 Å². The van der Waals surface area contributed by atoms with Gasteiger partial charge < -0.3 is 4.57 Å². The van der Waals surface area contributed by atoms with E-state index >= 15 is 0 Å². The molecule has 10 rings (SSSR count). The van der Waals surface area contributed by atoms with Crippen molar-refractivity contribution in [3.63, 3.8) is 0 Å². The molecule has 0 aliphatic rings. The van der Waals surface area contributed by atoms with Crippen LogP contribution in [0.4, 0.5) is 0 Å². The molecule has 0 atom stereocenters. The zero-order chi connectivity index (χ0) is 38.7. The summed E-state index contributed by atoms with van der Waals surface area (Å²) < 4.78 is 2.41.